The van der Waals surface area contributed by atoms with Crippen molar-refractivity contribution in [3.05, 3.63) is 23.9 Å². The summed E-state index contributed by atoms with van der Waals surface area (Å²) in [7, 11) is 1.66. The Balaban J connectivity index is 1.31. The zero-order valence-electron chi connectivity index (χ0n) is 14.8. The van der Waals surface area contributed by atoms with E-state index in [9.17, 15) is 4.79 Å². The Labute approximate surface area is 148 Å². The normalized spacial score (nSPS) is 29.2. The fraction of sp³-hybridized carbons (Fsp3) is 0.684. The van der Waals surface area contributed by atoms with Crippen molar-refractivity contribution in [2.24, 2.45) is 11.8 Å². The summed E-state index contributed by atoms with van der Waals surface area (Å²) in [5, 5.41) is 3.06. The lowest BCUT2D eigenvalue weighted by atomic mass is 9.91. The Morgan fingerprint density at radius 2 is 2.32 bits per heavy atom. The molecule has 1 aromatic rings. The Bertz CT molecular complexity index is 620. The Kier molecular flexibility index (Phi) is 4.90. The molecule has 3 fully saturated rings. The monoisotopic (exact) mass is 345 g/mol. The quantitative estimate of drug-likeness (QED) is 0.848. The number of amides is 1. The minimum absolute atomic E-state index is 0.0850. The number of rotatable bonds is 6. The number of ether oxygens (including phenoxy) is 2. The van der Waals surface area contributed by atoms with Gasteiger partial charge in [-0.1, -0.05) is 6.07 Å². The molecule has 136 valence electrons. The van der Waals surface area contributed by atoms with Crippen molar-refractivity contribution >= 4 is 5.91 Å². The minimum atomic E-state index is -0.262. The zero-order chi connectivity index (χ0) is 17.2. The second-order valence-corrected chi connectivity index (χ2v) is 7.54. The van der Waals surface area contributed by atoms with Crippen LogP contribution in [0.4, 0.5) is 0 Å². The number of carbonyl (C=O) groups is 1. The summed E-state index contributed by atoms with van der Waals surface area (Å²) in [6, 6.07) is 4.00. The number of methoxy groups -OCH3 is 1. The average molecular weight is 345 g/mol. The molecule has 6 nitrogen and oxygen atoms in total. The van der Waals surface area contributed by atoms with E-state index in [4.69, 9.17) is 9.47 Å². The van der Waals surface area contributed by atoms with Gasteiger partial charge in [-0.3, -0.25) is 9.69 Å². The van der Waals surface area contributed by atoms with E-state index in [-0.39, 0.29) is 18.1 Å². The third-order valence-corrected chi connectivity index (χ3v) is 5.63. The SMILES string of the molecule is COc1ncccc1CN1CC[C@H]2C[C@@H](C(=O)NCC3CC3)O[C@@H]2C1. The fourth-order valence-electron chi connectivity index (χ4n) is 3.96. The number of piperidine rings is 1. The van der Waals surface area contributed by atoms with Crippen LogP contribution < -0.4 is 10.1 Å². The molecule has 0 radical (unpaired) electrons. The van der Waals surface area contributed by atoms with Gasteiger partial charge in [0.05, 0.1) is 13.2 Å². The number of hydrogen-bond donors (Lipinski definition) is 1. The van der Waals surface area contributed by atoms with Crippen molar-refractivity contribution < 1.29 is 14.3 Å². The van der Waals surface area contributed by atoms with E-state index in [2.05, 4.69) is 21.3 Å². The smallest absolute Gasteiger partial charge is 0.249 e. The number of nitrogens with zero attached hydrogens (tertiary/aromatic N) is 2. The van der Waals surface area contributed by atoms with Crippen LogP contribution in [0, 0.1) is 11.8 Å². The molecule has 1 aliphatic carbocycles. The molecule has 2 aliphatic heterocycles. The molecule has 0 bridgehead atoms. The van der Waals surface area contributed by atoms with Gasteiger partial charge in [0.1, 0.15) is 6.10 Å². The van der Waals surface area contributed by atoms with Crippen LogP contribution in [0.2, 0.25) is 0 Å². The topological polar surface area (TPSA) is 63.7 Å². The van der Waals surface area contributed by atoms with Gasteiger partial charge in [-0.05, 0) is 50.1 Å². The van der Waals surface area contributed by atoms with Gasteiger partial charge in [0.15, 0.2) is 0 Å². The van der Waals surface area contributed by atoms with Crippen molar-refractivity contribution in [3.63, 3.8) is 0 Å². The standard InChI is InChI=1S/C19H27N3O3/c1-24-19-15(3-2-7-20-19)11-22-8-6-14-9-16(25-17(14)12-22)18(23)21-10-13-4-5-13/h2-3,7,13-14,16-17H,4-6,8-12H2,1H3,(H,21,23)/t14-,16-,17+/m0/s1. The Morgan fingerprint density at radius 1 is 1.44 bits per heavy atom. The number of pyridine rings is 1. The van der Waals surface area contributed by atoms with E-state index < -0.39 is 0 Å². The van der Waals surface area contributed by atoms with Crippen LogP contribution in [-0.4, -0.2) is 54.7 Å². The second kappa shape index (κ2) is 7.30. The highest BCUT2D eigenvalue weighted by molar-refractivity contribution is 5.81. The fourth-order valence-corrected chi connectivity index (χ4v) is 3.96. The molecule has 1 amide bonds. The number of likely N-dealkylation sites (tertiary alicyclic amines) is 1. The van der Waals surface area contributed by atoms with Gasteiger partial charge in [-0.15, -0.1) is 0 Å². The van der Waals surface area contributed by atoms with E-state index in [0.717, 1.165) is 44.6 Å². The summed E-state index contributed by atoms with van der Waals surface area (Å²) in [5.41, 5.74) is 1.10. The lowest BCUT2D eigenvalue weighted by Crippen LogP contribution is -2.42. The van der Waals surface area contributed by atoms with Crippen molar-refractivity contribution in [1.82, 2.24) is 15.2 Å². The highest BCUT2D eigenvalue weighted by atomic mass is 16.5. The third-order valence-electron chi connectivity index (χ3n) is 5.63. The first kappa shape index (κ1) is 16.8. The maximum Gasteiger partial charge on any atom is 0.249 e. The molecular weight excluding hydrogens is 318 g/mol. The summed E-state index contributed by atoms with van der Waals surface area (Å²) >= 11 is 0. The van der Waals surface area contributed by atoms with Crippen molar-refractivity contribution in [2.75, 3.05) is 26.7 Å². The lowest BCUT2D eigenvalue weighted by molar-refractivity contribution is -0.132. The van der Waals surface area contributed by atoms with Gasteiger partial charge in [-0.25, -0.2) is 4.98 Å². The Morgan fingerprint density at radius 3 is 3.12 bits per heavy atom. The number of hydrogen-bond acceptors (Lipinski definition) is 5. The number of carbonyl (C=O) groups excluding carboxylic acids is 1. The summed E-state index contributed by atoms with van der Waals surface area (Å²) in [4.78, 5) is 19.0. The number of nitrogens with one attached hydrogen (secondary N) is 1. The molecule has 3 heterocycles. The first-order valence-electron chi connectivity index (χ1n) is 9.36. The molecule has 0 aromatic carbocycles. The van der Waals surface area contributed by atoms with Crippen LogP contribution in [0.15, 0.2) is 18.3 Å². The zero-order valence-corrected chi connectivity index (χ0v) is 14.8. The molecule has 3 atom stereocenters. The van der Waals surface area contributed by atoms with Gasteiger partial charge in [-0.2, -0.15) is 0 Å². The maximum absolute atomic E-state index is 12.3. The summed E-state index contributed by atoms with van der Waals surface area (Å²) in [6.45, 7) is 3.52. The molecule has 1 aromatic heterocycles. The van der Waals surface area contributed by atoms with Gasteiger partial charge >= 0.3 is 0 Å². The highest BCUT2D eigenvalue weighted by Gasteiger charge is 2.42. The molecule has 3 aliphatic rings. The predicted octanol–water partition coefficient (Wildman–Crippen LogP) is 1.60. The Hall–Kier alpha value is -1.66. The van der Waals surface area contributed by atoms with Gasteiger partial charge < -0.3 is 14.8 Å². The largest absolute Gasteiger partial charge is 0.481 e. The van der Waals surface area contributed by atoms with Gasteiger partial charge in [0.2, 0.25) is 11.8 Å². The predicted molar refractivity (Wildman–Crippen MR) is 93.2 cm³/mol. The minimum Gasteiger partial charge on any atom is -0.481 e. The van der Waals surface area contributed by atoms with E-state index >= 15 is 0 Å². The van der Waals surface area contributed by atoms with Crippen LogP contribution in [0.25, 0.3) is 0 Å². The number of fused-ring (bicyclic) bond motifs is 1. The second-order valence-electron chi connectivity index (χ2n) is 7.54. The first-order chi connectivity index (χ1) is 12.2. The molecule has 6 heteroatoms. The third kappa shape index (κ3) is 3.96. The molecule has 1 N–H and O–H groups in total. The summed E-state index contributed by atoms with van der Waals surface area (Å²) in [6.07, 6.45) is 6.10. The molecule has 1 saturated carbocycles. The van der Waals surface area contributed by atoms with Crippen molar-refractivity contribution in [2.45, 2.75) is 44.4 Å². The molecule has 0 spiro atoms. The van der Waals surface area contributed by atoms with Crippen molar-refractivity contribution in [1.29, 1.82) is 0 Å². The molecule has 0 unspecified atom stereocenters. The van der Waals surface area contributed by atoms with E-state index in [0.29, 0.717) is 17.7 Å². The average Bonchev–Trinajstić information content (AvgIpc) is 3.37. The number of aromatic nitrogens is 1. The van der Waals surface area contributed by atoms with Crippen LogP contribution in [-0.2, 0) is 16.1 Å². The summed E-state index contributed by atoms with van der Waals surface area (Å²) in [5.74, 6) is 1.98. The summed E-state index contributed by atoms with van der Waals surface area (Å²) < 4.78 is 11.5. The van der Waals surface area contributed by atoms with Gasteiger partial charge in [0.25, 0.3) is 0 Å². The highest BCUT2D eigenvalue weighted by Crippen LogP contribution is 2.34. The first-order valence-corrected chi connectivity index (χ1v) is 9.36. The van der Waals surface area contributed by atoms with E-state index in [1.54, 1.807) is 13.3 Å². The lowest BCUT2D eigenvalue weighted by Gasteiger charge is -2.34. The van der Waals surface area contributed by atoms with Gasteiger partial charge in [0, 0.05) is 31.4 Å². The van der Waals surface area contributed by atoms with E-state index in [1.165, 1.54) is 12.8 Å². The molecular formula is C19H27N3O3. The van der Waals surface area contributed by atoms with Crippen LogP contribution in [0.1, 0.15) is 31.2 Å². The van der Waals surface area contributed by atoms with E-state index in [1.807, 2.05) is 6.07 Å². The molecule has 4 rings (SSSR count). The molecule has 2 saturated heterocycles. The maximum atomic E-state index is 12.3. The molecule has 25 heavy (non-hydrogen) atoms. The van der Waals surface area contributed by atoms with Crippen molar-refractivity contribution in [3.8, 4) is 5.88 Å². The van der Waals surface area contributed by atoms with Crippen LogP contribution in [0.3, 0.4) is 0 Å². The van der Waals surface area contributed by atoms with Crippen LogP contribution >= 0.6 is 0 Å². The van der Waals surface area contributed by atoms with Crippen LogP contribution in [0.5, 0.6) is 5.88 Å².